The lowest BCUT2D eigenvalue weighted by Crippen LogP contribution is -1.99. The van der Waals surface area contributed by atoms with E-state index < -0.39 is 23.6 Å². The third-order valence-corrected chi connectivity index (χ3v) is 1.70. The molecule has 1 nitrogen and oxygen atoms in total. The van der Waals surface area contributed by atoms with Gasteiger partial charge in [0.1, 0.15) is 0 Å². The minimum absolute atomic E-state index is 0.214. The maximum absolute atomic E-state index is 13.0. The Hall–Kier alpha value is -1.57. The summed E-state index contributed by atoms with van der Waals surface area (Å²) in [6, 6.07) is 3.38. The van der Waals surface area contributed by atoms with Gasteiger partial charge in [-0.15, -0.1) is 0 Å². The summed E-state index contributed by atoms with van der Waals surface area (Å²) in [5, 5.41) is 8.23. The SMILES string of the molecule is N#CCc1ccc(C(F)F)c(F)c1F. The summed E-state index contributed by atoms with van der Waals surface area (Å²) >= 11 is 0. The second-order valence-corrected chi connectivity index (χ2v) is 2.58. The zero-order valence-electron chi connectivity index (χ0n) is 6.90. The Balaban J connectivity index is 3.20. The fourth-order valence-electron chi connectivity index (χ4n) is 0.995. The van der Waals surface area contributed by atoms with E-state index in [2.05, 4.69) is 0 Å². The van der Waals surface area contributed by atoms with Crippen LogP contribution >= 0.6 is 0 Å². The highest BCUT2D eigenvalue weighted by atomic mass is 19.3. The first-order valence-electron chi connectivity index (χ1n) is 3.69. The molecule has 0 saturated carbocycles. The lowest BCUT2D eigenvalue weighted by atomic mass is 10.1. The van der Waals surface area contributed by atoms with Crippen LogP contribution in [0.3, 0.4) is 0 Å². The van der Waals surface area contributed by atoms with Crippen molar-refractivity contribution in [3.8, 4) is 6.07 Å². The number of rotatable bonds is 2. The molecule has 5 heteroatoms. The fraction of sp³-hybridized carbons (Fsp3) is 0.222. The Morgan fingerprint density at radius 2 is 1.86 bits per heavy atom. The van der Waals surface area contributed by atoms with E-state index in [0.717, 1.165) is 12.1 Å². The Kier molecular flexibility index (Phi) is 3.07. The monoisotopic (exact) mass is 203 g/mol. The van der Waals surface area contributed by atoms with Crippen molar-refractivity contribution in [2.24, 2.45) is 0 Å². The van der Waals surface area contributed by atoms with Gasteiger partial charge < -0.3 is 0 Å². The standard InChI is InChI=1S/C9H5F4N/c10-7-5(3-4-14)1-2-6(8(7)11)9(12)13/h1-2,9H,3H2. The summed E-state index contributed by atoms with van der Waals surface area (Å²) in [6.45, 7) is 0. The first-order valence-corrected chi connectivity index (χ1v) is 3.69. The molecule has 1 rings (SSSR count). The van der Waals surface area contributed by atoms with Gasteiger partial charge in [0.2, 0.25) is 0 Å². The molecule has 0 fully saturated rings. The van der Waals surface area contributed by atoms with Crippen LogP contribution in [0, 0.1) is 23.0 Å². The summed E-state index contributed by atoms with van der Waals surface area (Å²) in [7, 11) is 0. The van der Waals surface area contributed by atoms with Crippen LogP contribution in [-0.4, -0.2) is 0 Å². The van der Waals surface area contributed by atoms with Gasteiger partial charge in [0.15, 0.2) is 11.6 Å². The Morgan fingerprint density at radius 3 is 2.36 bits per heavy atom. The van der Waals surface area contributed by atoms with Crippen LogP contribution in [0.15, 0.2) is 12.1 Å². The second kappa shape index (κ2) is 4.09. The van der Waals surface area contributed by atoms with E-state index >= 15 is 0 Å². The summed E-state index contributed by atoms with van der Waals surface area (Å²) < 4.78 is 49.9. The first-order chi connectivity index (χ1) is 6.57. The van der Waals surface area contributed by atoms with E-state index in [0.29, 0.717) is 0 Å². The van der Waals surface area contributed by atoms with E-state index in [1.807, 2.05) is 0 Å². The van der Waals surface area contributed by atoms with Gasteiger partial charge in [0, 0.05) is 5.56 Å². The van der Waals surface area contributed by atoms with Gasteiger partial charge in [-0.1, -0.05) is 6.07 Å². The number of hydrogen-bond acceptors (Lipinski definition) is 1. The molecule has 1 aromatic carbocycles. The molecule has 0 unspecified atom stereocenters. The van der Waals surface area contributed by atoms with E-state index in [-0.39, 0.29) is 12.0 Å². The van der Waals surface area contributed by atoms with Gasteiger partial charge in [-0.25, -0.2) is 17.6 Å². The lowest BCUT2D eigenvalue weighted by molar-refractivity contribution is 0.145. The summed E-state index contributed by atoms with van der Waals surface area (Å²) in [5.74, 6) is -2.95. The minimum atomic E-state index is -3.05. The van der Waals surface area contributed by atoms with Crippen molar-refractivity contribution < 1.29 is 17.6 Å². The van der Waals surface area contributed by atoms with Crippen LogP contribution in [0.4, 0.5) is 17.6 Å². The van der Waals surface area contributed by atoms with Crippen LogP contribution in [0.1, 0.15) is 17.6 Å². The Bertz CT molecular complexity index is 381. The maximum Gasteiger partial charge on any atom is 0.266 e. The molecule has 1 aromatic rings. The molecule has 0 saturated heterocycles. The zero-order chi connectivity index (χ0) is 10.7. The molecule has 0 aliphatic heterocycles. The third kappa shape index (κ3) is 1.84. The normalized spacial score (nSPS) is 10.3. The van der Waals surface area contributed by atoms with Gasteiger partial charge in [-0.05, 0) is 6.07 Å². The molecule has 0 aliphatic carbocycles. The van der Waals surface area contributed by atoms with Crippen molar-refractivity contribution in [1.29, 1.82) is 5.26 Å². The van der Waals surface area contributed by atoms with Crippen molar-refractivity contribution in [2.45, 2.75) is 12.8 Å². The fourth-order valence-corrected chi connectivity index (χ4v) is 0.995. The topological polar surface area (TPSA) is 23.8 Å². The molecular weight excluding hydrogens is 198 g/mol. The smallest absolute Gasteiger partial charge is 0.205 e. The molecule has 0 aliphatic rings. The molecule has 74 valence electrons. The summed E-state index contributed by atoms with van der Waals surface area (Å²) in [5.41, 5.74) is -1.20. The molecule has 0 spiro atoms. The highest BCUT2D eigenvalue weighted by molar-refractivity contribution is 5.28. The van der Waals surface area contributed by atoms with Gasteiger partial charge in [0.05, 0.1) is 18.1 Å². The molecule has 0 aromatic heterocycles. The number of hydrogen-bond donors (Lipinski definition) is 0. The number of halogens is 4. The van der Waals surface area contributed by atoms with Crippen LogP contribution in [0.5, 0.6) is 0 Å². The number of nitriles is 1. The van der Waals surface area contributed by atoms with Gasteiger partial charge >= 0.3 is 0 Å². The highest BCUT2D eigenvalue weighted by Crippen LogP contribution is 2.25. The molecule has 14 heavy (non-hydrogen) atoms. The Labute approximate surface area is 77.6 Å². The average molecular weight is 203 g/mol. The van der Waals surface area contributed by atoms with Crippen molar-refractivity contribution >= 4 is 0 Å². The molecule has 0 atom stereocenters. The molecule has 0 N–H and O–H groups in total. The molecular formula is C9H5F4N. The third-order valence-electron chi connectivity index (χ3n) is 1.70. The van der Waals surface area contributed by atoms with Crippen molar-refractivity contribution in [3.63, 3.8) is 0 Å². The predicted molar refractivity (Wildman–Crippen MR) is 40.6 cm³/mol. The van der Waals surface area contributed by atoms with E-state index in [4.69, 9.17) is 5.26 Å². The van der Waals surface area contributed by atoms with Crippen LogP contribution in [-0.2, 0) is 6.42 Å². The minimum Gasteiger partial charge on any atom is -0.205 e. The van der Waals surface area contributed by atoms with Crippen LogP contribution < -0.4 is 0 Å². The van der Waals surface area contributed by atoms with E-state index in [9.17, 15) is 17.6 Å². The molecule has 0 amide bonds. The molecule has 0 heterocycles. The van der Waals surface area contributed by atoms with Crippen molar-refractivity contribution in [3.05, 3.63) is 34.9 Å². The maximum atomic E-state index is 13.0. The highest BCUT2D eigenvalue weighted by Gasteiger charge is 2.19. The number of benzene rings is 1. The lowest BCUT2D eigenvalue weighted by Gasteiger charge is -2.04. The van der Waals surface area contributed by atoms with Crippen LogP contribution in [0.2, 0.25) is 0 Å². The van der Waals surface area contributed by atoms with E-state index in [1.165, 1.54) is 0 Å². The van der Waals surface area contributed by atoms with Crippen LogP contribution in [0.25, 0.3) is 0 Å². The largest absolute Gasteiger partial charge is 0.266 e. The zero-order valence-corrected chi connectivity index (χ0v) is 6.90. The average Bonchev–Trinajstić information content (AvgIpc) is 2.13. The van der Waals surface area contributed by atoms with Crippen molar-refractivity contribution in [1.82, 2.24) is 0 Å². The summed E-state index contributed by atoms with van der Waals surface area (Å²) in [6.07, 6.45) is -3.40. The first kappa shape index (κ1) is 10.5. The quantitative estimate of drug-likeness (QED) is 0.678. The van der Waals surface area contributed by atoms with E-state index in [1.54, 1.807) is 6.07 Å². The molecule has 0 bridgehead atoms. The second-order valence-electron chi connectivity index (χ2n) is 2.58. The Morgan fingerprint density at radius 1 is 1.21 bits per heavy atom. The molecule has 0 radical (unpaired) electrons. The van der Waals surface area contributed by atoms with Gasteiger partial charge in [-0.2, -0.15) is 5.26 Å². The number of nitrogens with zero attached hydrogens (tertiary/aromatic N) is 1. The predicted octanol–water partition coefficient (Wildman–Crippen LogP) is 2.97. The van der Waals surface area contributed by atoms with Gasteiger partial charge in [0.25, 0.3) is 6.43 Å². The van der Waals surface area contributed by atoms with Gasteiger partial charge in [-0.3, -0.25) is 0 Å². The number of alkyl halides is 2. The van der Waals surface area contributed by atoms with Crippen molar-refractivity contribution in [2.75, 3.05) is 0 Å². The summed E-state index contributed by atoms with van der Waals surface area (Å²) in [4.78, 5) is 0.